The van der Waals surface area contributed by atoms with Gasteiger partial charge in [-0.05, 0) is 73.0 Å². The van der Waals surface area contributed by atoms with Crippen LogP contribution in [-0.4, -0.2) is 103 Å². The van der Waals surface area contributed by atoms with Crippen LogP contribution in [-0.2, 0) is 52.0 Å². The lowest BCUT2D eigenvalue weighted by molar-refractivity contribution is -0.344. The summed E-state index contributed by atoms with van der Waals surface area (Å²) in [6.45, 7) is 15.2. The van der Waals surface area contributed by atoms with E-state index in [2.05, 4.69) is 20.8 Å². The van der Waals surface area contributed by atoms with E-state index >= 15 is 4.79 Å². The number of ketones is 1. The summed E-state index contributed by atoms with van der Waals surface area (Å²) in [5.41, 5.74) is -5.22. The molecule has 1 saturated heterocycles. The maximum atomic E-state index is 16.4. The fourth-order valence-corrected chi connectivity index (χ4v) is 14.8. The predicted molar refractivity (Wildman–Crippen MR) is 252 cm³/mol. The minimum absolute atomic E-state index is 0.115. The van der Waals surface area contributed by atoms with Gasteiger partial charge in [0.25, 0.3) is 0 Å². The molecule has 362 valence electrons. The largest absolute Gasteiger partial charge is 0.459 e. The molecular formula is C53H63NO13Si. The number of carbonyl (C=O) groups is 5. The van der Waals surface area contributed by atoms with Gasteiger partial charge in [0.1, 0.15) is 30.0 Å². The van der Waals surface area contributed by atoms with Gasteiger partial charge < -0.3 is 38.0 Å². The van der Waals surface area contributed by atoms with E-state index in [0.717, 1.165) is 0 Å². The number of nitrogens with zero attached hydrogens (tertiary/aromatic N) is 1. The number of esters is 4. The highest BCUT2D eigenvalue weighted by atomic mass is 28.4. The first-order valence-corrected chi connectivity index (χ1v) is 26.3. The molecule has 14 nitrogen and oxygen atoms in total. The number of benzene rings is 3. The SMILES string of the molecule is CC[Si](CC)(CC)O[C@H]1C[C@H]2OC[C@@]2(OC(C)=O)[C@H]2[C@H](OC(=O)c3ccccc3)[C@]3(O)C[C@H](OC(=O)[C@H]4OC(c5ccccc5)=N[C@H]4c4ccccc4)C(C)=C([C@@H](OC(C)=O)C(=O)[C@]12C)C3(C)C. The minimum Gasteiger partial charge on any atom is -0.459 e. The molecule has 2 heterocycles. The second-order valence-corrected chi connectivity index (χ2v) is 24.4. The standard InChI is InChI=1S/C53H63NO13Si/c1-10-68(11-2,12-3)67-38-28-39-52(30-61-39,66-33(6)56)44-46(65-48(58)36-26-20-15-21-27-36)53(60)29-37(31(4)40(50(53,7)8)42(62-32(5)55)45(57)51(38,44)9)63-49(59)43-41(34-22-16-13-17-23-34)54-47(64-43)35-24-18-14-19-25-35/h13-27,37-39,41-44,46,60H,10-12,28-30H2,1-9H3/t37-,38-,39+,41-,42+,43-,44-,46-,51+,52-,53+/m0/s1. The number of carbonyl (C=O) groups excluding carboxylic acids is 5. The van der Waals surface area contributed by atoms with Crippen LogP contribution in [0.25, 0.3) is 0 Å². The zero-order chi connectivity index (χ0) is 49.0. The van der Waals surface area contributed by atoms with Gasteiger partial charge in [0, 0.05) is 37.7 Å². The number of Topliss-reactive ketones (excluding diaryl/α,β-unsaturated/α-hetero) is 1. The Kier molecular flexibility index (Phi) is 13.3. The third-order valence-corrected chi connectivity index (χ3v) is 20.6. The van der Waals surface area contributed by atoms with Crippen LogP contribution < -0.4 is 0 Å². The first-order valence-electron chi connectivity index (χ1n) is 23.8. The molecule has 68 heavy (non-hydrogen) atoms. The van der Waals surface area contributed by atoms with Crippen molar-refractivity contribution in [2.24, 2.45) is 21.7 Å². The molecule has 0 unspecified atom stereocenters. The number of rotatable bonds is 13. The van der Waals surface area contributed by atoms with Crippen LogP contribution in [0.1, 0.15) is 103 Å². The topological polar surface area (TPSA) is 183 Å². The summed E-state index contributed by atoms with van der Waals surface area (Å²) in [6.07, 6.45) is -7.97. The molecule has 2 bridgehead atoms. The zero-order valence-electron chi connectivity index (χ0n) is 40.3. The Morgan fingerprint density at radius 3 is 1.99 bits per heavy atom. The van der Waals surface area contributed by atoms with Gasteiger partial charge in [-0.15, -0.1) is 0 Å². The fraction of sp³-hybridized carbons (Fsp3) is 0.509. The lowest BCUT2D eigenvalue weighted by atomic mass is 9.44. The summed E-state index contributed by atoms with van der Waals surface area (Å²) in [7, 11) is -2.60. The van der Waals surface area contributed by atoms with Crippen molar-refractivity contribution < 1.29 is 61.9 Å². The van der Waals surface area contributed by atoms with Crippen LogP contribution in [0, 0.1) is 16.7 Å². The number of ether oxygens (including phenoxy) is 6. The molecule has 2 saturated carbocycles. The van der Waals surface area contributed by atoms with Crippen molar-refractivity contribution in [3.8, 4) is 0 Å². The van der Waals surface area contributed by atoms with Gasteiger partial charge in [0.15, 0.2) is 25.8 Å². The van der Waals surface area contributed by atoms with Crippen LogP contribution >= 0.6 is 0 Å². The Labute approximate surface area is 398 Å². The van der Waals surface area contributed by atoms with E-state index in [-0.39, 0.29) is 36.5 Å². The smallest absolute Gasteiger partial charge is 0.350 e. The van der Waals surface area contributed by atoms with Gasteiger partial charge in [-0.3, -0.25) is 14.4 Å². The van der Waals surface area contributed by atoms with E-state index in [4.69, 9.17) is 37.8 Å². The van der Waals surface area contributed by atoms with Gasteiger partial charge in [0.05, 0.1) is 29.6 Å². The molecule has 3 aromatic rings. The van der Waals surface area contributed by atoms with E-state index in [0.29, 0.717) is 34.8 Å². The van der Waals surface area contributed by atoms with Crippen molar-refractivity contribution in [1.82, 2.24) is 0 Å². The molecule has 3 aromatic carbocycles. The molecule has 3 fully saturated rings. The summed E-state index contributed by atoms with van der Waals surface area (Å²) in [6, 6.07) is 28.0. The second kappa shape index (κ2) is 18.4. The molecule has 8 rings (SSSR count). The van der Waals surface area contributed by atoms with E-state index in [1.165, 1.54) is 13.8 Å². The van der Waals surface area contributed by atoms with E-state index < -0.39 is 109 Å². The summed E-state index contributed by atoms with van der Waals surface area (Å²) in [5.74, 6) is -4.83. The van der Waals surface area contributed by atoms with Gasteiger partial charge in [-0.1, -0.05) is 101 Å². The summed E-state index contributed by atoms with van der Waals surface area (Å²) < 4.78 is 45.8. The molecule has 5 aliphatic rings. The molecule has 15 heteroatoms. The Hall–Kier alpha value is -5.48. The van der Waals surface area contributed by atoms with Crippen LogP contribution in [0.5, 0.6) is 0 Å². The highest BCUT2D eigenvalue weighted by Gasteiger charge is 2.79. The van der Waals surface area contributed by atoms with Gasteiger partial charge in [-0.25, -0.2) is 14.6 Å². The van der Waals surface area contributed by atoms with Crippen LogP contribution in [0.15, 0.2) is 107 Å². The maximum absolute atomic E-state index is 16.4. The van der Waals surface area contributed by atoms with E-state index in [9.17, 15) is 24.3 Å². The number of aliphatic hydroxyl groups is 1. The number of hydrogen-bond donors (Lipinski definition) is 1. The molecule has 0 aromatic heterocycles. The predicted octanol–water partition coefficient (Wildman–Crippen LogP) is 7.82. The monoisotopic (exact) mass is 949 g/mol. The quantitative estimate of drug-likeness (QED) is 0.0759. The summed E-state index contributed by atoms with van der Waals surface area (Å²) >= 11 is 0. The van der Waals surface area contributed by atoms with Crippen molar-refractivity contribution in [3.63, 3.8) is 0 Å². The first kappa shape index (κ1) is 49.0. The molecule has 11 atom stereocenters. The maximum Gasteiger partial charge on any atom is 0.350 e. The Morgan fingerprint density at radius 1 is 0.824 bits per heavy atom. The van der Waals surface area contributed by atoms with Crippen molar-refractivity contribution in [1.29, 1.82) is 0 Å². The minimum atomic E-state index is -2.60. The molecule has 0 amide bonds. The Morgan fingerprint density at radius 2 is 1.43 bits per heavy atom. The van der Waals surface area contributed by atoms with Crippen LogP contribution in [0.2, 0.25) is 18.1 Å². The molecular weight excluding hydrogens is 887 g/mol. The fourth-order valence-electron chi connectivity index (χ4n) is 11.9. The Balaban J connectivity index is 1.34. The van der Waals surface area contributed by atoms with Crippen LogP contribution in [0.3, 0.4) is 0 Å². The highest BCUT2D eigenvalue weighted by Crippen LogP contribution is 2.65. The molecule has 3 aliphatic carbocycles. The second-order valence-electron chi connectivity index (χ2n) is 19.7. The highest BCUT2D eigenvalue weighted by molar-refractivity contribution is 6.73. The van der Waals surface area contributed by atoms with E-state index in [1.807, 2.05) is 60.7 Å². The summed E-state index contributed by atoms with van der Waals surface area (Å²) in [5, 5.41) is 14.2. The summed E-state index contributed by atoms with van der Waals surface area (Å²) in [4.78, 5) is 77.7. The average molecular weight is 950 g/mol. The molecule has 1 N–H and O–H groups in total. The number of fused-ring (bicyclic) bond motifs is 5. The van der Waals surface area contributed by atoms with Crippen molar-refractivity contribution >= 4 is 43.9 Å². The first-order chi connectivity index (χ1) is 32.3. The zero-order valence-corrected chi connectivity index (χ0v) is 41.3. The van der Waals surface area contributed by atoms with Crippen LogP contribution in [0.4, 0.5) is 0 Å². The third-order valence-electron chi connectivity index (χ3n) is 15.9. The number of aliphatic imine (C=N–C) groups is 1. The van der Waals surface area contributed by atoms with Crippen molar-refractivity contribution in [3.05, 3.63) is 119 Å². The van der Waals surface area contributed by atoms with Crippen molar-refractivity contribution in [2.75, 3.05) is 6.61 Å². The Bertz CT molecular complexity index is 2480. The van der Waals surface area contributed by atoms with Crippen molar-refractivity contribution in [2.45, 2.75) is 147 Å². The van der Waals surface area contributed by atoms with Gasteiger partial charge in [-0.2, -0.15) is 0 Å². The molecule has 0 spiro atoms. The lowest BCUT2D eigenvalue weighted by Gasteiger charge is -2.68. The third kappa shape index (κ3) is 8.02. The average Bonchev–Trinajstić information content (AvgIpc) is 3.78. The van der Waals surface area contributed by atoms with E-state index in [1.54, 1.807) is 58.0 Å². The molecule has 2 aliphatic heterocycles. The normalized spacial score (nSPS) is 32.7. The number of hydrogen-bond acceptors (Lipinski definition) is 14. The van der Waals surface area contributed by atoms with Gasteiger partial charge in [0.2, 0.25) is 12.0 Å². The van der Waals surface area contributed by atoms with Gasteiger partial charge >= 0.3 is 23.9 Å². The lowest BCUT2D eigenvalue weighted by Crippen LogP contribution is -2.82. The molecule has 0 radical (unpaired) electrons.